The zero-order valence-corrected chi connectivity index (χ0v) is 22.4. The van der Waals surface area contributed by atoms with Gasteiger partial charge in [-0.3, -0.25) is 19.1 Å². The first-order valence-electron chi connectivity index (χ1n) is 14.4. The van der Waals surface area contributed by atoms with Crippen LogP contribution in [0.15, 0.2) is 24.3 Å². The van der Waals surface area contributed by atoms with Gasteiger partial charge in [0.05, 0.1) is 24.2 Å². The first kappa shape index (κ1) is 24.5. The minimum Gasteiger partial charge on any atom is -0.494 e. The van der Waals surface area contributed by atoms with Gasteiger partial charge in [0.25, 0.3) is 11.8 Å². The van der Waals surface area contributed by atoms with Crippen molar-refractivity contribution in [2.75, 3.05) is 31.3 Å². The van der Waals surface area contributed by atoms with Crippen molar-refractivity contribution in [3.05, 3.63) is 41.5 Å². The van der Waals surface area contributed by atoms with E-state index >= 15 is 4.39 Å². The van der Waals surface area contributed by atoms with Gasteiger partial charge in [-0.05, 0) is 31.4 Å². The van der Waals surface area contributed by atoms with Gasteiger partial charge in [0.2, 0.25) is 5.91 Å². The molecule has 4 rings (SSSR count). The Hall–Kier alpha value is -4.55. The van der Waals surface area contributed by atoms with Crippen LogP contribution in [0.1, 0.15) is 64.1 Å². The van der Waals surface area contributed by atoms with Crippen molar-refractivity contribution in [1.29, 1.82) is 0 Å². The number of unbranched alkanes of at least 4 members (excludes halogenated alkanes) is 2. The SMILES string of the molecule is [2H]C([2H])([2H])NC(=O)c1nnc(NC(=O)C2CC2)cc1Nc1cc(F)cc(-c2cc(C(=O)NCCCCC)n(C)n2)c1OC. The fourth-order valence-electron chi connectivity index (χ4n) is 4.07. The van der Waals surface area contributed by atoms with Crippen LogP contribution in [-0.4, -0.2) is 58.3 Å². The first-order chi connectivity index (χ1) is 20.4. The van der Waals surface area contributed by atoms with E-state index in [1.165, 1.54) is 30.0 Å². The Balaban J connectivity index is 1.70. The number of benzene rings is 1. The Morgan fingerprint density at radius 1 is 1.12 bits per heavy atom. The van der Waals surface area contributed by atoms with E-state index in [1.54, 1.807) is 7.05 Å². The average molecular weight is 556 g/mol. The fourth-order valence-corrected chi connectivity index (χ4v) is 4.07. The summed E-state index contributed by atoms with van der Waals surface area (Å²) in [5, 5.41) is 22.2. The van der Waals surface area contributed by atoms with Crippen LogP contribution in [0, 0.1) is 11.7 Å². The molecule has 0 spiro atoms. The topological polar surface area (TPSA) is 152 Å². The van der Waals surface area contributed by atoms with Crippen molar-refractivity contribution >= 4 is 34.9 Å². The Labute approximate surface area is 235 Å². The van der Waals surface area contributed by atoms with E-state index < -0.39 is 24.4 Å². The number of rotatable bonds is 12. The molecule has 0 bridgehead atoms. The van der Waals surface area contributed by atoms with Crippen molar-refractivity contribution in [1.82, 2.24) is 30.6 Å². The molecule has 3 aromatic rings. The van der Waals surface area contributed by atoms with Gasteiger partial charge in [0.15, 0.2) is 17.3 Å². The first-order valence-corrected chi connectivity index (χ1v) is 12.9. The fraction of sp³-hybridized carbons (Fsp3) is 0.407. The summed E-state index contributed by atoms with van der Waals surface area (Å²) in [5.41, 5.74) is 0.225. The van der Waals surface area contributed by atoms with Crippen LogP contribution in [0.3, 0.4) is 0 Å². The average Bonchev–Trinajstić information content (AvgIpc) is 3.71. The maximum absolute atomic E-state index is 15.0. The minimum absolute atomic E-state index is 0.000237. The predicted octanol–water partition coefficient (Wildman–Crippen LogP) is 3.40. The van der Waals surface area contributed by atoms with E-state index in [0.717, 1.165) is 38.2 Å². The van der Waals surface area contributed by atoms with Crippen molar-refractivity contribution < 1.29 is 27.6 Å². The summed E-state index contributed by atoms with van der Waals surface area (Å²) in [4.78, 5) is 37.8. The second-order valence-corrected chi connectivity index (χ2v) is 9.37. The molecule has 0 aliphatic heterocycles. The van der Waals surface area contributed by atoms with Crippen LogP contribution >= 0.6 is 0 Å². The van der Waals surface area contributed by atoms with Crippen LogP contribution in [0.25, 0.3) is 11.3 Å². The second kappa shape index (κ2) is 12.5. The van der Waals surface area contributed by atoms with Gasteiger partial charge in [0, 0.05) is 48.3 Å². The molecule has 1 aliphatic carbocycles. The highest BCUT2D eigenvalue weighted by atomic mass is 19.1. The quantitative estimate of drug-likeness (QED) is 0.248. The van der Waals surface area contributed by atoms with E-state index in [2.05, 4.69) is 38.2 Å². The number of halogens is 1. The molecule has 0 unspecified atom stereocenters. The van der Waals surface area contributed by atoms with Crippen LogP contribution in [-0.2, 0) is 11.8 Å². The molecule has 212 valence electrons. The van der Waals surface area contributed by atoms with Gasteiger partial charge in [-0.15, -0.1) is 10.2 Å². The smallest absolute Gasteiger partial charge is 0.273 e. The predicted molar refractivity (Wildman–Crippen MR) is 147 cm³/mol. The molecule has 1 saturated carbocycles. The Morgan fingerprint density at radius 2 is 1.93 bits per heavy atom. The summed E-state index contributed by atoms with van der Waals surface area (Å²) < 4.78 is 44.1. The molecule has 40 heavy (non-hydrogen) atoms. The molecule has 1 aliphatic rings. The molecule has 0 saturated heterocycles. The third-order valence-electron chi connectivity index (χ3n) is 6.30. The molecule has 0 radical (unpaired) electrons. The molecular weight excluding hydrogens is 519 g/mol. The maximum Gasteiger partial charge on any atom is 0.273 e. The van der Waals surface area contributed by atoms with E-state index in [0.29, 0.717) is 6.54 Å². The highest BCUT2D eigenvalue weighted by molar-refractivity contribution is 6.00. The number of hydrogen-bond acceptors (Lipinski definition) is 8. The van der Waals surface area contributed by atoms with Crippen molar-refractivity contribution in [2.45, 2.75) is 39.0 Å². The highest BCUT2D eigenvalue weighted by Gasteiger charge is 2.30. The van der Waals surface area contributed by atoms with Crippen molar-refractivity contribution in [3.63, 3.8) is 0 Å². The molecule has 2 aromatic heterocycles. The van der Waals surface area contributed by atoms with Crippen molar-refractivity contribution in [3.8, 4) is 17.0 Å². The monoisotopic (exact) mass is 555 g/mol. The lowest BCUT2D eigenvalue weighted by Gasteiger charge is -2.16. The molecule has 1 aromatic carbocycles. The number of carbonyl (C=O) groups excluding carboxylic acids is 3. The summed E-state index contributed by atoms with van der Waals surface area (Å²) >= 11 is 0. The Kier molecular flexibility index (Phi) is 7.67. The number of anilines is 3. The van der Waals surface area contributed by atoms with Gasteiger partial charge in [0.1, 0.15) is 11.5 Å². The lowest BCUT2D eigenvalue weighted by Crippen LogP contribution is -2.26. The van der Waals surface area contributed by atoms with Gasteiger partial charge < -0.3 is 26.0 Å². The lowest BCUT2D eigenvalue weighted by atomic mass is 10.1. The van der Waals surface area contributed by atoms with E-state index in [9.17, 15) is 14.4 Å². The molecule has 1 fully saturated rings. The van der Waals surface area contributed by atoms with Crippen LogP contribution in [0.5, 0.6) is 5.75 Å². The molecule has 13 heteroatoms. The molecule has 3 amide bonds. The molecule has 2 heterocycles. The standard InChI is InChI=1S/C27H33FN8O4/c1-5-6-7-10-30-26(38)21-13-18(35-36(21)3)17-11-16(28)12-20(24(17)40-4)31-19-14-22(32-25(37)15-8-9-15)33-34-23(19)27(39)29-2/h11-15H,5-10H2,1-4H3,(H,29,39)(H,30,38)(H2,31,32,33,37)/i2D3. The number of methoxy groups -OCH3 is 1. The molecule has 4 N–H and O–H groups in total. The summed E-state index contributed by atoms with van der Waals surface area (Å²) in [7, 11) is 2.94. The number of ether oxygens (including phenoxy) is 1. The summed E-state index contributed by atoms with van der Waals surface area (Å²) in [6, 6.07) is 5.07. The van der Waals surface area contributed by atoms with Crippen LogP contribution in [0.2, 0.25) is 0 Å². The van der Waals surface area contributed by atoms with E-state index in [-0.39, 0.29) is 57.6 Å². The van der Waals surface area contributed by atoms with Crippen molar-refractivity contribution in [2.24, 2.45) is 13.0 Å². The zero-order valence-electron chi connectivity index (χ0n) is 25.4. The lowest BCUT2D eigenvalue weighted by molar-refractivity contribution is -0.117. The van der Waals surface area contributed by atoms with Crippen LogP contribution in [0.4, 0.5) is 21.6 Å². The number of amides is 3. The number of carbonyl (C=O) groups is 3. The second-order valence-electron chi connectivity index (χ2n) is 9.37. The summed E-state index contributed by atoms with van der Waals surface area (Å²) in [5.74, 6) is -2.43. The Morgan fingerprint density at radius 3 is 2.62 bits per heavy atom. The van der Waals surface area contributed by atoms with Gasteiger partial charge in [-0.25, -0.2) is 4.39 Å². The highest BCUT2D eigenvalue weighted by Crippen LogP contribution is 2.39. The van der Waals surface area contributed by atoms with E-state index in [1.807, 2.05) is 5.32 Å². The summed E-state index contributed by atoms with van der Waals surface area (Å²) in [6.45, 7) is -0.253. The molecule has 0 atom stereocenters. The number of aromatic nitrogens is 4. The largest absolute Gasteiger partial charge is 0.494 e. The maximum atomic E-state index is 15.0. The Bertz CT molecular complexity index is 1520. The van der Waals surface area contributed by atoms with Gasteiger partial charge >= 0.3 is 0 Å². The minimum atomic E-state index is -2.82. The number of hydrogen-bond donors (Lipinski definition) is 4. The van der Waals surface area contributed by atoms with Crippen LogP contribution < -0.4 is 26.0 Å². The number of aryl methyl sites for hydroxylation is 1. The zero-order chi connectivity index (χ0) is 31.3. The van der Waals surface area contributed by atoms with Gasteiger partial charge in [-0.1, -0.05) is 19.8 Å². The number of nitrogens with one attached hydrogen (secondary N) is 4. The molecular formula is C27H33FN8O4. The third kappa shape index (κ3) is 6.53. The van der Waals surface area contributed by atoms with E-state index in [4.69, 9.17) is 8.85 Å². The number of nitrogens with zero attached hydrogens (tertiary/aromatic N) is 4. The normalized spacial score (nSPS) is 13.9. The van der Waals surface area contributed by atoms with Gasteiger partial charge in [-0.2, -0.15) is 5.10 Å². The summed E-state index contributed by atoms with van der Waals surface area (Å²) in [6.07, 6.45) is 4.31. The third-order valence-corrected chi connectivity index (χ3v) is 6.30. The molecule has 12 nitrogen and oxygen atoms in total.